The Balaban J connectivity index is 1.73. The molecule has 0 saturated heterocycles. The van der Waals surface area contributed by atoms with Gasteiger partial charge in [-0.3, -0.25) is 5.01 Å². The van der Waals surface area contributed by atoms with Crippen LogP contribution in [0.25, 0.3) is 0 Å². The normalized spacial score (nSPS) is 16.1. The molecule has 0 bridgehead atoms. The maximum atomic E-state index is 11.6. The van der Waals surface area contributed by atoms with Crippen molar-refractivity contribution in [2.24, 2.45) is 11.8 Å². The fraction of sp³-hybridized carbons (Fsp3) is 0.217. The third-order valence-corrected chi connectivity index (χ3v) is 5.31. The summed E-state index contributed by atoms with van der Waals surface area (Å²) in [4.78, 5) is 0. The third-order valence-electron chi connectivity index (χ3n) is 5.31. The van der Waals surface area contributed by atoms with Crippen molar-refractivity contribution in [1.29, 1.82) is 0 Å². The number of hydrazine groups is 1. The van der Waals surface area contributed by atoms with Gasteiger partial charge < -0.3 is 5.11 Å². The van der Waals surface area contributed by atoms with Gasteiger partial charge in [0.15, 0.2) is 0 Å². The molecule has 1 aliphatic carbocycles. The molecule has 132 valence electrons. The van der Waals surface area contributed by atoms with E-state index in [0.29, 0.717) is 0 Å². The summed E-state index contributed by atoms with van der Waals surface area (Å²) in [5.41, 5.74) is 3.88. The highest BCUT2D eigenvalue weighted by Gasteiger charge is 2.46. The Hall–Kier alpha value is -2.62. The lowest BCUT2D eigenvalue weighted by atomic mass is 9.81. The van der Waals surface area contributed by atoms with Gasteiger partial charge in [-0.2, -0.15) is 0 Å². The summed E-state index contributed by atoms with van der Waals surface area (Å²) in [6.45, 7) is 2.04. The van der Waals surface area contributed by atoms with Crippen molar-refractivity contribution in [3.63, 3.8) is 0 Å². The van der Waals surface area contributed by atoms with Crippen molar-refractivity contribution in [2.75, 3.05) is 5.01 Å². The van der Waals surface area contributed by atoms with Gasteiger partial charge in [0.2, 0.25) is 0 Å². The Bertz CT molecular complexity index is 891. The molecule has 0 amide bonds. The number of para-hydroxylation sites is 1. The standard InChI is InChI=1S/C23H24N2O/c1-17-16-20(14-15-22(17)25(24)21-10-6-3-7-11-21)23(26,19-12-13-19)18-8-4-2-5-9-18/h2-11,14-16,19,26H,12-13,24H2,1H3. The maximum Gasteiger partial charge on any atom is 0.117 e. The number of hydrogen-bond donors (Lipinski definition) is 2. The quantitative estimate of drug-likeness (QED) is 0.523. The molecule has 1 atom stereocenters. The summed E-state index contributed by atoms with van der Waals surface area (Å²) in [6, 6.07) is 26.0. The highest BCUT2D eigenvalue weighted by molar-refractivity contribution is 5.65. The van der Waals surface area contributed by atoms with E-state index in [0.717, 1.165) is 40.9 Å². The molecular formula is C23H24N2O. The van der Waals surface area contributed by atoms with E-state index in [9.17, 15) is 5.11 Å². The molecule has 0 heterocycles. The van der Waals surface area contributed by atoms with Gasteiger partial charge in [0.1, 0.15) is 5.60 Å². The lowest BCUT2D eigenvalue weighted by molar-refractivity contribution is 0.0564. The van der Waals surface area contributed by atoms with E-state index in [1.54, 1.807) is 5.01 Å². The summed E-state index contributed by atoms with van der Waals surface area (Å²) in [5.74, 6) is 6.61. The predicted molar refractivity (Wildman–Crippen MR) is 106 cm³/mol. The minimum absolute atomic E-state index is 0.276. The summed E-state index contributed by atoms with van der Waals surface area (Å²) < 4.78 is 0. The second-order valence-electron chi connectivity index (χ2n) is 7.11. The molecule has 1 aliphatic rings. The van der Waals surface area contributed by atoms with E-state index in [-0.39, 0.29) is 5.92 Å². The Morgan fingerprint density at radius 2 is 1.50 bits per heavy atom. The average molecular weight is 344 g/mol. The van der Waals surface area contributed by atoms with E-state index in [1.165, 1.54) is 0 Å². The van der Waals surface area contributed by atoms with Crippen LogP contribution in [-0.4, -0.2) is 5.11 Å². The fourth-order valence-corrected chi connectivity index (χ4v) is 3.72. The first-order valence-electron chi connectivity index (χ1n) is 9.09. The summed E-state index contributed by atoms with van der Waals surface area (Å²) in [5, 5.41) is 13.3. The fourth-order valence-electron chi connectivity index (χ4n) is 3.72. The highest BCUT2D eigenvalue weighted by atomic mass is 16.3. The number of rotatable bonds is 5. The Morgan fingerprint density at radius 1 is 0.885 bits per heavy atom. The zero-order valence-corrected chi connectivity index (χ0v) is 15.0. The van der Waals surface area contributed by atoms with Crippen LogP contribution in [0.3, 0.4) is 0 Å². The minimum Gasteiger partial charge on any atom is -0.380 e. The Morgan fingerprint density at radius 3 is 2.08 bits per heavy atom. The molecule has 3 heteroatoms. The molecule has 3 aromatic carbocycles. The molecule has 0 radical (unpaired) electrons. The minimum atomic E-state index is -0.934. The molecular weight excluding hydrogens is 320 g/mol. The Kier molecular flexibility index (Phi) is 4.27. The topological polar surface area (TPSA) is 49.5 Å². The van der Waals surface area contributed by atoms with Gasteiger partial charge in [-0.15, -0.1) is 0 Å². The van der Waals surface area contributed by atoms with E-state index >= 15 is 0 Å². The number of benzene rings is 3. The molecule has 0 spiro atoms. The second-order valence-corrected chi connectivity index (χ2v) is 7.11. The van der Waals surface area contributed by atoms with E-state index in [2.05, 4.69) is 6.07 Å². The number of nitrogens with zero attached hydrogens (tertiary/aromatic N) is 1. The molecule has 0 aromatic heterocycles. The smallest absolute Gasteiger partial charge is 0.117 e. The predicted octanol–water partition coefficient (Wildman–Crippen LogP) is 4.65. The van der Waals surface area contributed by atoms with Crippen molar-refractivity contribution in [3.05, 3.63) is 95.6 Å². The van der Waals surface area contributed by atoms with Crippen molar-refractivity contribution >= 4 is 11.4 Å². The summed E-state index contributed by atoms with van der Waals surface area (Å²) in [6.07, 6.45) is 2.11. The van der Waals surface area contributed by atoms with Gasteiger partial charge in [0, 0.05) is 0 Å². The van der Waals surface area contributed by atoms with Gasteiger partial charge in [-0.05, 0) is 60.6 Å². The van der Waals surface area contributed by atoms with Gasteiger partial charge in [0.05, 0.1) is 11.4 Å². The van der Waals surface area contributed by atoms with E-state index in [1.807, 2.05) is 79.7 Å². The lowest BCUT2D eigenvalue weighted by Gasteiger charge is -2.31. The summed E-state index contributed by atoms with van der Waals surface area (Å²) >= 11 is 0. The first-order valence-corrected chi connectivity index (χ1v) is 9.09. The lowest BCUT2D eigenvalue weighted by Crippen LogP contribution is -2.31. The third kappa shape index (κ3) is 2.90. The van der Waals surface area contributed by atoms with Crippen LogP contribution in [-0.2, 0) is 5.60 Å². The van der Waals surface area contributed by atoms with Crippen LogP contribution >= 0.6 is 0 Å². The van der Waals surface area contributed by atoms with Crippen molar-refractivity contribution in [1.82, 2.24) is 0 Å². The maximum absolute atomic E-state index is 11.6. The van der Waals surface area contributed by atoms with Crippen LogP contribution in [0, 0.1) is 12.8 Å². The van der Waals surface area contributed by atoms with Crippen molar-refractivity contribution in [2.45, 2.75) is 25.4 Å². The molecule has 3 aromatic rings. The number of anilines is 2. The molecule has 3 N–H and O–H groups in total. The molecule has 1 saturated carbocycles. The Labute approximate surface area is 154 Å². The first kappa shape index (κ1) is 16.8. The molecule has 0 aliphatic heterocycles. The first-order chi connectivity index (χ1) is 12.6. The second kappa shape index (κ2) is 6.60. The van der Waals surface area contributed by atoms with Gasteiger partial charge >= 0.3 is 0 Å². The largest absolute Gasteiger partial charge is 0.380 e. The van der Waals surface area contributed by atoms with Crippen LogP contribution in [0.1, 0.15) is 29.5 Å². The monoisotopic (exact) mass is 344 g/mol. The average Bonchev–Trinajstić information content (AvgIpc) is 3.54. The molecule has 26 heavy (non-hydrogen) atoms. The zero-order chi connectivity index (χ0) is 18.1. The summed E-state index contributed by atoms with van der Waals surface area (Å²) in [7, 11) is 0. The van der Waals surface area contributed by atoms with Crippen molar-refractivity contribution in [3.8, 4) is 0 Å². The number of nitrogens with two attached hydrogens (primary N) is 1. The van der Waals surface area contributed by atoms with Crippen LogP contribution in [0.15, 0.2) is 78.9 Å². The van der Waals surface area contributed by atoms with Gasteiger partial charge in [0.25, 0.3) is 0 Å². The van der Waals surface area contributed by atoms with Crippen molar-refractivity contribution < 1.29 is 5.11 Å². The number of aliphatic hydroxyl groups is 1. The highest BCUT2D eigenvalue weighted by Crippen LogP contribution is 2.50. The van der Waals surface area contributed by atoms with E-state index in [4.69, 9.17) is 5.84 Å². The molecule has 1 fully saturated rings. The van der Waals surface area contributed by atoms with Crippen LogP contribution in [0.4, 0.5) is 11.4 Å². The van der Waals surface area contributed by atoms with Gasteiger partial charge in [-0.1, -0.05) is 60.7 Å². The SMILES string of the molecule is Cc1cc(C(O)(c2ccccc2)C2CC2)ccc1N(N)c1ccccc1. The van der Waals surface area contributed by atoms with Gasteiger partial charge in [-0.25, -0.2) is 5.84 Å². The number of aryl methyl sites for hydroxylation is 1. The molecule has 4 rings (SSSR count). The van der Waals surface area contributed by atoms with Crippen LogP contribution in [0.2, 0.25) is 0 Å². The molecule has 3 nitrogen and oxygen atoms in total. The van der Waals surface area contributed by atoms with Crippen LogP contribution < -0.4 is 10.9 Å². The van der Waals surface area contributed by atoms with E-state index < -0.39 is 5.60 Å². The zero-order valence-electron chi connectivity index (χ0n) is 15.0. The number of hydrogen-bond acceptors (Lipinski definition) is 3. The molecule has 1 unspecified atom stereocenters. The van der Waals surface area contributed by atoms with Crippen LogP contribution in [0.5, 0.6) is 0 Å².